The standard InChI is InChI=1S/C14H14FNO4/c1-3-16-7-9(14(19)20-4-2)13(18)8-5-10(15)12(17)6-11(8)16/h5-7,17H,3-4H2,1-2H3. The Bertz CT molecular complexity index is 736. The first-order valence-corrected chi connectivity index (χ1v) is 6.22. The fraction of sp³-hybridized carbons (Fsp3) is 0.286. The number of benzene rings is 1. The third kappa shape index (κ3) is 2.24. The Balaban J connectivity index is 2.81. The molecule has 0 saturated carbocycles. The molecule has 2 rings (SSSR count). The SMILES string of the molecule is CCOC(=O)c1cn(CC)c2cc(O)c(F)cc2c1=O. The van der Waals surface area contributed by atoms with Crippen LogP contribution in [-0.2, 0) is 11.3 Å². The number of aromatic nitrogens is 1. The third-order valence-corrected chi connectivity index (χ3v) is 2.98. The zero-order valence-electron chi connectivity index (χ0n) is 11.1. The van der Waals surface area contributed by atoms with Crippen molar-refractivity contribution >= 4 is 16.9 Å². The monoisotopic (exact) mass is 279 g/mol. The summed E-state index contributed by atoms with van der Waals surface area (Å²) in [4.78, 5) is 24.0. The van der Waals surface area contributed by atoms with Gasteiger partial charge in [0.2, 0.25) is 5.43 Å². The summed E-state index contributed by atoms with van der Waals surface area (Å²) in [5, 5.41) is 9.44. The second-order valence-electron chi connectivity index (χ2n) is 4.20. The quantitative estimate of drug-likeness (QED) is 0.873. The molecular formula is C14H14FNO4. The molecule has 2 aromatic rings. The van der Waals surface area contributed by atoms with Gasteiger partial charge in [0, 0.05) is 24.2 Å². The summed E-state index contributed by atoms with van der Waals surface area (Å²) in [7, 11) is 0. The van der Waals surface area contributed by atoms with Crippen molar-refractivity contribution in [3.05, 3.63) is 39.9 Å². The summed E-state index contributed by atoms with van der Waals surface area (Å²) in [5.41, 5.74) is -0.391. The molecule has 0 unspecified atom stereocenters. The van der Waals surface area contributed by atoms with Gasteiger partial charge in [-0.25, -0.2) is 9.18 Å². The van der Waals surface area contributed by atoms with E-state index in [1.807, 2.05) is 0 Å². The van der Waals surface area contributed by atoms with Crippen LogP contribution in [0, 0.1) is 5.82 Å². The zero-order valence-corrected chi connectivity index (χ0v) is 11.1. The van der Waals surface area contributed by atoms with E-state index in [2.05, 4.69) is 0 Å². The predicted molar refractivity (Wildman–Crippen MR) is 71.5 cm³/mol. The number of hydrogen-bond donors (Lipinski definition) is 1. The van der Waals surface area contributed by atoms with Gasteiger partial charge in [-0.15, -0.1) is 0 Å². The van der Waals surface area contributed by atoms with Crippen molar-refractivity contribution in [1.29, 1.82) is 0 Å². The van der Waals surface area contributed by atoms with E-state index in [-0.39, 0.29) is 17.6 Å². The van der Waals surface area contributed by atoms with E-state index in [4.69, 9.17) is 4.74 Å². The van der Waals surface area contributed by atoms with Gasteiger partial charge in [-0.3, -0.25) is 4.79 Å². The van der Waals surface area contributed by atoms with Gasteiger partial charge in [-0.2, -0.15) is 0 Å². The molecule has 1 heterocycles. The van der Waals surface area contributed by atoms with Gasteiger partial charge in [0.25, 0.3) is 0 Å². The Labute approximate surface area is 114 Å². The molecular weight excluding hydrogens is 265 g/mol. The van der Waals surface area contributed by atoms with Crippen LogP contribution < -0.4 is 5.43 Å². The third-order valence-electron chi connectivity index (χ3n) is 2.98. The topological polar surface area (TPSA) is 68.5 Å². The molecule has 0 aliphatic rings. The summed E-state index contributed by atoms with van der Waals surface area (Å²) in [5.74, 6) is -2.18. The lowest BCUT2D eigenvalue weighted by Gasteiger charge is -2.11. The molecule has 20 heavy (non-hydrogen) atoms. The van der Waals surface area contributed by atoms with Crippen molar-refractivity contribution in [3.8, 4) is 5.75 Å². The number of rotatable bonds is 3. The van der Waals surface area contributed by atoms with E-state index < -0.39 is 23.0 Å². The van der Waals surface area contributed by atoms with Crippen LogP contribution in [0.5, 0.6) is 5.75 Å². The molecule has 0 aliphatic carbocycles. The molecule has 0 aliphatic heterocycles. The number of aromatic hydroxyl groups is 1. The van der Waals surface area contributed by atoms with Crippen molar-refractivity contribution in [3.63, 3.8) is 0 Å². The van der Waals surface area contributed by atoms with Crippen molar-refractivity contribution in [2.24, 2.45) is 0 Å². The molecule has 1 aromatic carbocycles. The van der Waals surface area contributed by atoms with E-state index >= 15 is 0 Å². The Kier molecular flexibility index (Phi) is 3.74. The summed E-state index contributed by atoms with van der Waals surface area (Å²) in [6, 6.07) is 2.10. The molecule has 0 atom stereocenters. The number of pyridine rings is 1. The minimum atomic E-state index is -0.904. The number of halogens is 1. The molecule has 0 radical (unpaired) electrons. The normalized spacial score (nSPS) is 10.8. The van der Waals surface area contributed by atoms with Crippen LogP contribution in [0.15, 0.2) is 23.1 Å². The minimum absolute atomic E-state index is 0.0349. The van der Waals surface area contributed by atoms with Gasteiger partial charge in [-0.1, -0.05) is 0 Å². The van der Waals surface area contributed by atoms with E-state index in [0.29, 0.717) is 12.1 Å². The highest BCUT2D eigenvalue weighted by molar-refractivity contribution is 5.94. The maximum Gasteiger partial charge on any atom is 0.343 e. The summed E-state index contributed by atoms with van der Waals surface area (Å²) in [6.07, 6.45) is 1.36. The van der Waals surface area contributed by atoms with Crippen LogP contribution in [-0.4, -0.2) is 22.2 Å². The molecule has 106 valence electrons. The van der Waals surface area contributed by atoms with Gasteiger partial charge < -0.3 is 14.4 Å². The fourth-order valence-electron chi connectivity index (χ4n) is 2.02. The van der Waals surface area contributed by atoms with Gasteiger partial charge in [0.05, 0.1) is 12.1 Å². The smallest absolute Gasteiger partial charge is 0.343 e. The van der Waals surface area contributed by atoms with Crippen LogP contribution >= 0.6 is 0 Å². The van der Waals surface area contributed by atoms with E-state index in [1.54, 1.807) is 18.4 Å². The van der Waals surface area contributed by atoms with Crippen LogP contribution in [0.25, 0.3) is 10.9 Å². The minimum Gasteiger partial charge on any atom is -0.505 e. The lowest BCUT2D eigenvalue weighted by Crippen LogP contribution is -2.20. The molecule has 0 saturated heterocycles. The van der Waals surface area contributed by atoms with Crippen molar-refractivity contribution < 1.29 is 19.0 Å². The van der Waals surface area contributed by atoms with Gasteiger partial charge in [0.1, 0.15) is 5.56 Å². The molecule has 0 fully saturated rings. The second-order valence-corrected chi connectivity index (χ2v) is 4.20. The second kappa shape index (κ2) is 5.32. The number of carbonyl (C=O) groups is 1. The highest BCUT2D eigenvalue weighted by atomic mass is 19.1. The lowest BCUT2D eigenvalue weighted by molar-refractivity contribution is 0.0524. The van der Waals surface area contributed by atoms with Crippen molar-refractivity contribution in [2.75, 3.05) is 6.61 Å². The average molecular weight is 279 g/mol. The van der Waals surface area contributed by atoms with Crippen molar-refractivity contribution in [1.82, 2.24) is 4.57 Å². The lowest BCUT2D eigenvalue weighted by atomic mass is 10.1. The highest BCUT2D eigenvalue weighted by Crippen LogP contribution is 2.22. The van der Waals surface area contributed by atoms with Crippen LogP contribution in [0.4, 0.5) is 4.39 Å². The van der Waals surface area contributed by atoms with E-state index in [9.17, 15) is 19.1 Å². The average Bonchev–Trinajstić information content (AvgIpc) is 2.42. The number of phenolic OH excluding ortho intramolecular Hbond substituents is 1. The summed E-state index contributed by atoms with van der Waals surface area (Å²) >= 11 is 0. The highest BCUT2D eigenvalue weighted by Gasteiger charge is 2.17. The van der Waals surface area contributed by atoms with Gasteiger partial charge in [-0.05, 0) is 19.9 Å². The Morgan fingerprint density at radius 2 is 2.10 bits per heavy atom. The molecule has 1 N–H and O–H groups in total. The molecule has 6 heteroatoms. The maximum absolute atomic E-state index is 13.4. The summed E-state index contributed by atoms with van der Waals surface area (Å²) in [6.45, 7) is 4.04. The molecule has 1 aromatic heterocycles. The summed E-state index contributed by atoms with van der Waals surface area (Å²) < 4.78 is 19.8. The fourth-order valence-corrected chi connectivity index (χ4v) is 2.02. The Hall–Kier alpha value is -2.37. The van der Waals surface area contributed by atoms with Crippen LogP contribution in [0.1, 0.15) is 24.2 Å². The molecule has 5 nitrogen and oxygen atoms in total. The zero-order chi connectivity index (χ0) is 14.9. The number of hydrogen-bond acceptors (Lipinski definition) is 4. The molecule has 0 amide bonds. The maximum atomic E-state index is 13.4. The van der Waals surface area contributed by atoms with Gasteiger partial charge in [0.15, 0.2) is 11.6 Å². The largest absolute Gasteiger partial charge is 0.505 e. The van der Waals surface area contributed by atoms with E-state index in [0.717, 1.165) is 6.07 Å². The number of aryl methyl sites for hydroxylation is 1. The number of carbonyl (C=O) groups excluding carboxylic acids is 1. The number of nitrogens with zero attached hydrogens (tertiary/aromatic N) is 1. The predicted octanol–water partition coefficient (Wildman–Crippen LogP) is 2.04. The Morgan fingerprint density at radius 3 is 2.70 bits per heavy atom. The molecule has 0 spiro atoms. The molecule has 0 bridgehead atoms. The first kappa shape index (κ1) is 14.0. The van der Waals surface area contributed by atoms with Crippen LogP contribution in [0.2, 0.25) is 0 Å². The Morgan fingerprint density at radius 1 is 1.40 bits per heavy atom. The number of fused-ring (bicyclic) bond motifs is 1. The number of esters is 1. The number of ether oxygens (including phenoxy) is 1. The van der Waals surface area contributed by atoms with Crippen LogP contribution in [0.3, 0.4) is 0 Å². The van der Waals surface area contributed by atoms with Crippen molar-refractivity contribution in [2.45, 2.75) is 20.4 Å². The number of phenols is 1. The first-order valence-electron chi connectivity index (χ1n) is 6.22. The first-order chi connectivity index (χ1) is 9.49. The van der Waals surface area contributed by atoms with E-state index in [1.165, 1.54) is 12.3 Å². The van der Waals surface area contributed by atoms with Gasteiger partial charge >= 0.3 is 5.97 Å².